The van der Waals surface area contributed by atoms with Crippen molar-refractivity contribution < 1.29 is 18.9 Å². The minimum atomic E-state index is 0.458. The van der Waals surface area contributed by atoms with E-state index in [4.69, 9.17) is 24.7 Å². The SMILES string of the molecule is COc1cc(N)c(-n2nnc(-c3ccc(CCN4CCc5cc(OC)c(OC)cc5C4)cc3)n2)cc1OC. The number of aromatic nitrogens is 4. The van der Waals surface area contributed by atoms with E-state index in [1.54, 1.807) is 40.6 Å². The number of fused-ring (bicyclic) bond motifs is 1. The van der Waals surface area contributed by atoms with Gasteiger partial charge in [-0.3, -0.25) is 4.90 Å². The van der Waals surface area contributed by atoms with Crippen molar-refractivity contribution in [1.82, 2.24) is 25.1 Å². The van der Waals surface area contributed by atoms with Crippen LogP contribution in [0.2, 0.25) is 0 Å². The summed E-state index contributed by atoms with van der Waals surface area (Å²) in [5.74, 6) is 3.17. The van der Waals surface area contributed by atoms with E-state index >= 15 is 0 Å². The van der Waals surface area contributed by atoms with Crippen molar-refractivity contribution in [3.05, 3.63) is 65.2 Å². The number of nitrogens with zero attached hydrogens (tertiary/aromatic N) is 5. The zero-order chi connectivity index (χ0) is 26.6. The van der Waals surface area contributed by atoms with E-state index in [9.17, 15) is 0 Å². The van der Waals surface area contributed by atoms with Crippen molar-refractivity contribution in [2.75, 3.05) is 47.3 Å². The Kier molecular flexibility index (Phi) is 7.32. The molecule has 1 aliphatic rings. The monoisotopic (exact) mass is 516 g/mol. The molecule has 2 N–H and O–H groups in total. The van der Waals surface area contributed by atoms with Crippen LogP contribution in [-0.4, -0.2) is 66.6 Å². The summed E-state index contributed by atoms with van der Waals surface area (Å²) < 4.78 is 21.6. The van der Waals surface area contributed by atoms with Gasteiger partial charge in [0.2, 0.25) is 5.82 Å². The van der Waals surface area contributed by atoms with E-state index in [1.165, 1.54) is 21.5 Å². The van der Waals surface area contributed by atoms with Crippen LogP contribution in [0.5, 0.6) is 23.0 Å². The van der Waals surface area contributed by atoms with Crippen molar-refractivity contribution >= 4 is 5.69 Å². The highest BCUT2D eigenvalue weighted by molar-refractivity contribution is 5.65. The van der Waals surface area contributed by atoms with Crippen molar-refractivity contribution in [3.8, 4) is 40.1 Å². The first-order valence-corrected chi connectivity index (χ1v) is 12.4. The Hall–Kier alpha value is -4.31. The van der Waals surface area contributed by atoms with Crippen molar-refractivity contribution in [2.24, 2.45) is 0 Å². The highest BCUT2D eigenvalue weighted by Crippen LogP contribution is 2.34. The van der Waals surface area contributed by atoms with Crippen LogP contribution in [0.1, 0.15) is 16.7 Å². The lowest BCUT2D eigenvalue weighted by molar-refractivity contribution is 0.255. The van der Waals surface area contributed by atoms with Gasteiger partial charge >= 0.3 is 0 Å². The lowest BCUT2D eigenvalue weighted by Gasteiger charge is -2.29. The number of nitrogens with two attached hydrogens (primary N) is 1. The van der Waals surface area contributed by atoms with Crippen LogP contribution < -0.4 is 24.7 Å². The largest absolute Gasteiger partial charge is 0.493 e. The van der Waals surface area contributed by atoms with Crippen LogP contribution in [0.4, 0.5) is 5.69 Å². The first kappa shape index (κ1) is 25.3. The summed E-state index contributed by atoms with van der Waals surface area (Å²) >= 11 is 0. The second kappa shape index (κ2) is 11.0. The number of benzene rings is 3. The Morgan fingerprint density at radius 2 is 1.45 bits per heavy atom. The maximum atomic E-state index is 6.19. The molecular weight excluding hydrogens is 484 g/mol. The molecule has 3 aromatic carbocycles. The number of tetrazole rings is 1. The fraction of sp³-hybridized carbons (Fsp3) is 0.321. The molecule has 1 aromatic heterocycles. The predicted molar refractivity (Wildman–Crippen MR) is 144 cm³/mol. The van der Waals surface area contributed by atoms with E-state index in [-0.39, 0.29) is 0 Å². The lowest BCUT2D eigenvalue weighted by atomic mass is 9.98. The van der Waals surface area contributed by atoms with Gasteiger partial charge in [-0.05, 0) is 46.9 Å². The Morgan fingerprint density at radius 1 is 0.816 bits per heavy atom. The number of methoxy groups -OCH3 is 4. The molecule has 2 heterocycles. The quantitative estimate of drug-likeness (QED) is 0.334. The molecule has 1 aliphatic heterocycles. The van der Waals surface area contributed by atoms with Gasteiger partial charge in [0.1, 0.15) is 5.69 Å². The molecule has 10 heteroatoms. The van der Waals surface area contributed by atoms with Crippen LogP contribution >= 0.6 is 0 Å². The summed E-state index contributed by atoms with van der Waals surface area (Å²) in [7, 11) is 6.48. The van der Waals surface area contributed by atoms with Gasteiger partial charge < -0.3 is 24.7 Å². The predicted octanol–water partition coefficient (Wildman–Crippen LogP) is 3.55. The average molecular weight is 517 g/mol. The lowest BCUT2D eigenvalue weighted by Crippen LogP contribution is -2.32. The molecule has 10 nitrogen and oxygen atoms in total. The van der Waals surface area contributed by atoms with Gasteiger partial charge in [0, 0.05) is 37.3 Å². The molecule has 0 spiro atoms. The van der Waals surface area contributed by atoms with Gasteiger partial charge in [-0.2, -0.15) is 0 Å². The molecule has 0 fully saturated rings. The van der Waals surface area contributed by atoms with E-state index in [1.807, 2.05) is 12.1 Å². The summed E-state index contributed by atoms with van der Waals surface area (Å²) in [6.45, 7) is 2.90. The van der Waals surface area contributed by atoms with E-state index in [0.717, 1.165) is 49.5 Å². The fourth-order valence-electron chi connectivity index (χ4n) is 4.73. The summed E-state index contributed by atoms with van der Waals surface area (Å²) in [6, 6.07) is 15.9. The summed E-state index contributed by atoms with van der Waals surface area (Å²) in [6.07, 6.45) is 1.95. The average Bonchev–Trinajstić information content (AvgIpc) is 3.45. The Morgan fingerprint density at radius 3 is 2.13 bits per heavy atom. The smallest absolute Gasteiger partial charge is 0.205 e. The highest BCUT2D eigenvalue weighted by atomic mass is 16.5. The second-order valence-electron chi connectivity index (χ2n) is 9.12. The van der Waals surface area contributed by atoms with Gasteiger partial charge in [0.05, 0.1) is 34.1 Å². The number of ether oxygens (including phenoxy) is 4. The van der Waals surface area contributed by atoms with Crippen molar-refractivity contribution in [2.45, 2.75) is 19.4 Å². The second-order valence-corrected chi connectivity index (χ2v) is 9.12. The van der Waals surface area contributed by atoms with Crippen LogP contribution in [-0.2, 0) is 19.4 Å². The van der Waals surface area contributed by atoms with Gasteiger partial charge in [0.25, 0.3) is 0 Å². The molecular formula is C28H32N6O4. The van der Waals surface area contributed by atoms with Crippen LogP contribution in [0, 0.1) is 0 Å². The first-order valence-electron chi connectivity index (χ1n) is 12.4. The molecule has 0 atom stereocenters. The fourth-order valence-corrected chi connectivity index (χ4v) is 4.73. The van der Waals surface area contributed by atoms with Crippen LogP contribution in [0.3, 0.4) is 0 Å². The highest BCUT2D eigenvalue weighted by Gasteiger charge is 2.19. The zero-order valence-corrected chi connectivity index (χ0v) is 22.1. The normalized spacial score (nSPS) is 13.2. The summed E-state index contributed by atoms with van der Waals surface area (Å²) in [5.41, 5.74) is 12.0. The summed E-state index contributed by atoms with van der Waals surface area (Å²) in [4.78, 5) is 3.88. The number of nitrogen functional groups attached to an aromatic ring is 1. The third-order valence-corrected chi connectivity index (χ3v) is 6.89. The molecule has 0 bridgehead atoms. The Balaban J connectivity index is 1.23. The summed E-state index contributed by atoms with van der Waals surface area (Å²) in [5, 5.41) is 12.9. The van der Waals surface area contributed by atoms with Crippen LogP contribution in [0.25, 0.3) is 17.1 Å². The van der Waals surface area contributed by atoms with E-state index in [2.05, 4.69) is 44.6 Å². The molecule has 38 heavy (non-hydrogen) atoms. The third kappa shape index (κ3) is 5.08. The molecule has 0 saturated carbocycles. The maximum absolute atomic E-state index is 6.19. The first-order chi connectivity index (χ1) is 18.5. The Bertz CT molecular complexity index is 1420. The molecule has 0 radical (unpaired) electrons. The molecule has 0 amide bonds. The molecule has 5 rings (SSSR count). The topological polar surface area (TPSA) is 110 Å². The van der Waals surface area contributed by atoms with Crippen molar-refractivity contribution in [3.63, 3.8) is 0 Å². The van der Waals surface area contributed by atoms with Gasteiger partial charge in [0.15, 0.2) is 23.0 Å². The molecule has 198 valence electrons. The minimum absolute atomic E-state index is 0.458. The number of rotatable bonds is 9. The Labute approximate surface area is 221 Å². The van der Waals surface area contributed by atoms with Gasteiger partial charge in [-0.15, -0.1) is 15.0 Å². The van der Waals surface area contributed by atoms with E-state index in [0.29, 0.717) is 28.7 Å². The van der Waals surface area contributed by atoms with Gasteiger partial charge in [-0.1, -0.05) is 24.3 Å². The molecule has 0 unspecified atom stereocenters. The molecule has 0 saturated heterocycles. The van der Waals surface area contributed by atoms with Crippen LogP contribution in [0.15, 0.2) is 48.5 Å². The van der Waals surface area contributed by atoms with E-state index < -0.39 is 0 Å². The number of hydrogen-bond donors (Lipinski definition) is 1. The molecule has 4 aromatic rings. The number of hydrogen-bond acceptors (Lipinski definition) is 9. The molecule has 0 aliphatic carbocycles. The standard InChI is InChI=1S/C28H32N6O4/c1-35-24-13-20-10-12-33(17-21(20)14-25(24)36-2)11-9-18-5-7-19(8-6-18)28-30-32-34(31-28)23-16-27(38-4)26(37-3)15-22(23)29/h5-8,13-16H,9-12,17,29H2,1-4H3. The number of anilines is 1. The minimum Gasteiger partial charge on any atom is -0.493 e. The maximum Gasteiger partial charge on any atom is 0.205 e. The third-order valence-electron chi connectivity index (χ3n) is 6.89. The van der Waals surface area contributed by atoms with Gasteiger partial charge in [-0.25, -0.2) is 0 Å². The zero-order valence-electron chi connectivity index (χ0n) is 22.1. The van der Waals surface area contributed by atoms with Crippen molar-refractivity contribution in [1.29, 1.82) is 0 Å².